The van der Waals surface area contributed by atoms with E-state index in [1.807, 2.05) is 0 Å². The number of rotatable bonds is 1. The molecule has 0 saturated carbocycles. The van der Waals surface area contributed by atoms with Gasteiger partial charge in [0, 0.05) is 4.47 Å². The Morgan fingerprint density at radius 1 is 1.16 bits per heavy atom. The van der Waals surface area contributed by atoms with Crippen molar-refractivity contribution in [1.29, 1.82) is 0 Å². The maximum absolute atomic E-state index is 12.5. The number of carbonyl (C=O) groups excluding carboxylic acids is 1. The number of nitrogens with one attached hydrogen (secondary N) is 1. The molecule has 1 amide bonds. The van der Waals surface area contributed by atoms with Crippen molar-refractivity contribution in [3.63, 3.8) is 0 Å². The van der Waals surface area contributed by atoms with Crippen LogP contribution in [0.4, 0.5) is 32.0 Å². The summed E-state index contributed by atoms with van der Waals surface area (Å²) in [5.74, 6) is -2.41. The minimum Gasteiger partial charge on any atom is -0.317 e. The van der Waals surface area contributed by atoms with Gasteiger partial charge in [0.2, 0.25) is 0 Å². The smallest absolute Gasteiger partial charge is 0.317 e. The predicted molar refractivity (Wildman–Crippen MR) is 58.8 cm³/mol. The third-order valence-corrected chi connectivity index (χ3v) is 2.84. The summed E-state index contributed by atoms with van der Waals surface area (Å²) in [6, 6.07) is 1.06. The molecule has 0 heterocycles. The van der Waals surface area contributed by atoms with Crippen LogP contribution >= 0.6 is 27.5 Å². The van der Waals surface area contributed by atoms with Crippen LogP contribution in [-0.2, 0) is 11.0 Å². The lowest BCUT2D eigenvalue weighted by molar-refractivity contribution is -0.167. The molecule has 19 heavy (non-hydrogen) atoms. The minimum absolute atomic E-state index is 0.316. The summed E-state index contributed by atoms with van der Waals surface area (Å²) in [5, 5.41) is 0.812. The lowest BCUT2D eigenvalue weighted by Crippen LogP contribution is -2.30. The van der Waals surface area contributed by atoms with Crippen molar-refractivity contribution in [2.24, 2.45) is 0 Å². The van der Waals surface area contributed by atoms with E-state index in [1.165, 1.54) is 5.32 Å². The fraction of sp³-hybridized carbons (Fsp3) is 0.222. The minimum atomic E-state index is -5.23. The van der Waals surface area contributed by atoms with E-state index in [4.69, 9.17) is 11.6 Å². The Balaban J connectivity index is 3.20. The van der Waals surface area contributed by atoms with E-state index >= 15 is 0 Å². The van der Waals surface area contributed by atoms with Crippen molar-refractivity contribution in [1.82, 2.24) is 0 Å². The number of carbonyl (C=O) groups is 1. The molecule has 0 atom stereocenters. The second-order valence-electron chi connectivity index (χ2n) is 3.26. The summed E-state index contributed by atoms with van der Waals surface area (Å²) < 4.78 is 73.1. The van der Waals surface area contributed by atoms with E-state index < -0.39 is 39.0 Å². The van der Waals surface area contributed by atoms with E-state index in [0.29, 0.717) is 6.07 Å². The number of amides is 1. The van der Waals surface area contributed by atoms with Gasteiger partial charge in [-0.15, -0.1) is 0 Å². The predicted octanol–water partition coefficient (Wildman–Crippen LogP) is 4.62. The number of benzene rings is 1. The average Bonchev–Trinajstić information content (AvgIpc) is 2.18. The van der Waals surface area contributed by atoms with Crippen molar-refractivity contribution >= 4 is 39.1 Å². The second kappa shape index (κ2) is 5.20. The molecule has 0 bridgehead atoms. The normalized spacial score (nSPS) is 12.4. The third kappa shape index (κ3) is 4.00. The zero-order valence-electron chi connectivity index (χ0n) is 8.59. The van der Waals surface area contributed by atoms with Gasteiger partial charge in [-0.25, -0.2) is 0 Å². The molecular formula is C9H3BrClF6NO. The molecule has 106 valence electrons. The van der Waals surface area contributed by atoms with Crippen LogP contribution in [0.15, 0.2) is 16.6 Å². The number of hydrogen-bond donors (Lipinski definition) is 1. The molecule has 0 spiro atoms. The zero-order chi connectivity index (χ0) is 15.0. The van der Waals surface area contributed by atoms with Crippen LogP contribution in [0, 0.1) is 0 Å². The van der Waals surface area contributed by atoms with E-state index in [1.54, 1.807) is 0 Å². The monoisotopic (exact) mass is 369 g/mol. The fourth-order valence-electron chi connectivity index (χ4n) is 1.06. The summed E-state index contributed by atoms with van der Waals surface area (Å²) in [6.45, 7) is 0. The van der Waals surface area contributed by atoms with Crippen molar-refractivity contribution < 1.29 is 31.1 Å². The van der Waals surface area contributed by atoms with Gasteiger partial charge in [0.15, 0.2) is 0 Å². The molecule has 0 aliphatic rings. The molecule has 0 aliphatic carbocycles. The molecule has 2 nitrogen and oxygen atoms in total. The molecule has 0 radical (unpaired) electrons. The summed E-state index contributed by atoms with van der Waals surface area (Å²) in [4.78, 5) is 10.6. The van der Waals surface area contributed by atoms with Gasteiger partial charge in [-0.05, 0) is 12.1 Å². The highest BCUT2D eigenvalue weighted by Gasteiger charge is 2.40. The topological polar surface area (TPSA) is 29.1 Å². The van der Waals surface area contributed by atoms with Crippen LogP contribution in [0.5, 0.6) is 0 Å². The van der Waals surface area contributed by atoms with Crippen LogP contribution in [0.2, 0.25) is 5.02 Å². The highest BCUT2D eigenvalue weighted by atomic mass is 79.9. The molecular weight excluding hydrogens is 367 g/mol. The van der Waals surface area contributed by atoms with E-state index in [2.05, 4.69) is 15.9 Å². The summed E-state index contributed by atoms with van der Waals surface area (Å²) in [7, 11) is 0. The van der Waals surface area contributed by atoms with Crippen LogP contribution in [0.3, 0.4) is 0 Å². The lowest BCUT2D eigenvalue weighted by Gasteiger charge is -2.14. The van der Waals surface area contributed by atoms with Crippen molar-refractivity contribution in [2.75, 3.05) is 5.32 Å². The molecule has 1 aromatic carbocycles. The van der Waals surface area contributed by atoms with Crippen molar-refractivity contribution in [3.8, 4) is 0 Å². The standard InChI is InChI=1S/C9H3BrClF6NO/c10-4-2-5(11)6(1-3(4)8(12,13)14)18-7(19)9(15,16)17/h1-2H,(H,18,19). The average molecular weight is 370 g/mol. The molecule has 0 saturated heterocycles. The Morgan fingerprint density at radius 3 is 2.11 bits per heavy atom. The van der Waals surface area contributed by atoms with Gasteiger partial charge in [-0.3, -0.25) is 4.79 Å². The van der Waals surface area contributed by atoms with Gasteiger partial charge in [-0.2, -0.15) is 26.3 Å². The van der Waals surface area contributed by atoms with E-state index in [0.717, 1.165) is 6.07 Å². The Kier molecular flexibility index (Phi) is 4.40. The molecule has 1 rings (SSSR count). The maximum atomic E-state index is 12.5. The second-order valence-corrected chi connectivity index (χ2v) is 4.52. The van der Waals surface area contributed by atoms with Gasteiger partial charge in [-0.1, -0.05) is 27.5 Å². The quantitative estimate of drug-likeness (QED) is 0.718. The van der Waals surface area contributed by atoms with Gasteiger partial charge >= 0.3 is 18.3 Å². The number of hydrogen-bond acceptors (Lipinski definition) is 1. The first-order valence-electron chi connectivity index (χ1n) is 4.37. The van der Waals surface area contributed by atoms with Gasteiger partial charge in [0.05, 0.1) is 16.3 Å². The zero-order valence-corrected chi connectivity index (χ0v) is 10.9. The first-order chi connectivity index (χ1) is 8.43. The first-order valence-corrected chi connectivity index (χ1v) is 5.54. The Labute approximate surface area is 115 Å². The SMILES string of the molecule is O=C(Nc1cc(C(F)(F)F)c(Br)cc1Cl)C(F)(F)F. The van der Waals surface area contributed by atoms with Gasteiger partial charge in [0.25, 0.3) is 0 Å². The largest absolute Gasteiger partial charge is 0.471 e. The Hall–Kier alpha value is -0.960. The van der Waals surface area contributed by atoms with Crippen LogP contribution in [-0.4, -0.2) is 12.1 Å². The lowest BCUT2D eigenvalue weighted by atomic mass is 10.2. The molecule has 0 unspecified atom stereocenters. The van der Waals surface area contributed by atoms with Gasteiger partial charge in [0.1, 0.15) is 0 Å². The Bertz CT molecular complexity index is 513. The molecule has 1 N–H and O–H groups in total. The summed E-state index contributed by atoms with van der Waals surface area (Å²) >= 11 is 8.05. The van der Waals surface area contributed by atoms with E-state index in [9.17, 15) is 31.1 Å². The molecule has 10 heteroatoms. The van der Waals surface area contributed by atoms with Crippen LogP contribution in [0.1, 0.15) is 5.56 Å². The number of halogens is 8. The Morgan fingerprint density at radius 2 is 1.68 bits per heavy atom. The highest BCUT2D eigenvalue weighted by molar-refractivity contribution is 9.10. The molecule has 0 aliphatic heterocycles. The number of anilines is 1. The third-order valence-electron chi connectivity index (χ3n) is 1.87. The van der Waals surface area contributed by atoms with E-state index in [-0.39, 0.29) is 0 Å². The number of alkyl halides is 6. The maximum Gasteiger partial charge on any atom is 0.471 e. The molecule has 1 aromatic rings. The summed E-state index contributed by atoms with van der Waals surface area (Å²) in [6.07, 6.45) is -10.0. The van der Waals surface area contributed by atoms with Crippen molar-refractivity contribution in [2.45, 2.75) is 12.4 Å². The van der Waals surface area contributed by atoms with Gasteiger partial charge < -0.3 is 5.32 Å². The van der Waals surface area contributed by atoms with Crippen LogP contribution < -0.4 is 5.32 Å². The highest BCUT2D eigenvalue weighted by Crippen LogP contribution is 2.39. The molecule has 0 fully saturated rings. The first kappa shape index (κ1) is 16.1. The van der Waals surface area contributed by atoms with Crippen molar-refractivity contribution in [3.05, 3.63) is 27.2 Å². The molecule has 0 aromatic heterocycles. The van der Waals surface area contributed by atoms with Crippen LogP contribution in [0.25, 0.3) is 0 Å². The fourth-order valence-corrected chi connectivity index (χ4v) is 1.97. The summed E-state index contributed by atoms with van der Waals surface area (Å²) in [5.41, 5.74) is -2.03.